The van der Waals surface area contributed by atoms with Gasteiger partial charge < -0.3 is 0 Å². The third-order valence-electron chi connectivity index (χ3n) is 3.63. The van der Waals surface area contributed by atoms with Gasteiger partial charge in [0.2, 0.25) is 0 Å². The molecule has 23 heavy (non-hydrogen) atoms. The molecule has 5 nitrogen and oxygen atoms in total. The van der Waals surface area contributed by atoms with Crippen molar-refractivity contribution >= 4 is 27.3 Å². The van der Waals surface area contributed by atoms with Crippen LogP contribution in [0.25, 0.3) is 0 Å². The lowest BCUT2D eigenvalue weighted by molar-refractivity contribution is 0.584. The van der Waals surface area contributed by atoms with E-state index in [1.54, 1.807) is 25.5 Å². The van der Waals surface area contributed by atoms with Gasteiger partial charge in [0, 0.05) is 18.1 Å². The van der Waals surface area contributed by atoms with Crippen molar-refractivity contribution in [1.82, 2.24) is 9.78 Å². The molecule has 0 bridgehead atoms. The Hall–Kier alpha value is -1.60. The van der Waals surface area contributed by atoms with Crippen molar-refractivity contribution in [3.05, 3.63) is 40.4 Å². The summed E-state index contributed by atoms with van der Waals surface area (Å²) in [4.78, 5) is 0.121. The quantitative estimate of drug-likeness (QED) is 0.820. The smallest absolute Gasteiger partial charge is 0.268 e. The normalized spacial score (nSPS) is 11.7. The van der Waals surface area contributed by atoms with Gasteiger partial charge in [0.05, 0.1) is 17.1 Å². The first-order chi connectivity index (χ1) is 10.7. The number of hydrogen-bond acceptors (Lipinski definition) is 3. The van der Waals surface area contributed by atoms with Gasteiger partial charge in [-0.15, -0.1) is 0 Å². The molecule has 0 radical (unpaired) electrons. The largest absolute Gasteiger partial charge is 0.268 e. The van der Waals surface area contributed by atoms with Crippen LogP contribution in [0.1, 0.15) is 25.2 Å². The maximum Gasteiger partial charge on any atom is 0.268 e. The van der Waals surface area contributed by atoms with Gasteiger partial charge in [-0.1, -0.05) is 11.6 Å². The third-order valence-corrected chi connectivity index (χ3v) is 6.01. The summed E-state index contributed by atoms with van der Waals surface area (Å²) in [6.07, 6.45) is 0. The van der Waals surface area contributed by atoms with Gasteiger partial charge in [-0.05, 0) is 45.9 Å². The van der Waals surface area contributed by atoms with Crippen LogP contribution in [0, 0.1) is 19.7 Å². The number of benzene rings is 1. The number of rotatable bonds is 5. The molecule has 126 valence electrons. The predicted molar refractivity (Wildman–Crippen MR) is 89.0 cm³/mol. The number of nitrogens with zero attached hydrogens (tertiary/aromatic N) is 3. The Labute approximate surface area is 140 Å². The molecule has 0 aliphatic carbocycles. The van der Waals surface area contributed by atoms with Crippen LogP contribution < -0.4 is 4.31 Å². The van der Waals surface area contributed by atoms with E-state index in [-0.39, 0.29) is 22.2 Å². The first kappa shape index (κ1) is 17.7. The highest BCUT2D eigenvalue weighted by Gasteiger charge is 2.31. The van der Waals surface area contributed by atoms with Crippen molar-refractivity contribution in [3.63, 3.8) is 0 Å². The van der Waals surface area contributed by atoms with Crippen LogP contribution >= 0.6 is 11.6 Å². The molecule has 1 aromatic heterocycles. The molecule has 0 saturated carbocycles. The lowest BCUT2D eigenvalue weighted by Crippen LogP contribution is -2.32. The Bertz CT molecular complexity index is 833. The number of anilines is 1. The van der Waals surface area contributed by atoms with Crippen LogP contribution in [0.2, 0.25) is 5.02 Å². The summed E-state index contributed by atoms with van der Waals surface area (Å²) in [5.74, 6) is -0.680. The Morgan fingerprint density at radius 3 is 2.43 bits per heavy atom. The molecular weight excluding hydrogens is 341 g/mol. The maximum atomic E-state index is 14.2. The molecule has 0 unspecified atom stereocenters. The number of halogens is 2. The summed E-state index contributed by atoms with van der Waals surface area (Å²) >= 11 is 5.75. The zero-order valence-electron chi connectivity index (χ0n) is 13.5. The van der Waals surface area contributed by atoms with Crippen molar-refractivity contribution in [2.45, 2.75) is 39.1 Å². The van der Waals surface area contributed by atoms with Crippen LogP contribution in [-0.4, -0.2) is 24.7 Å². The van der Waals surface area contributed by atoms with E-state index in [4.69, 9.17) is 11.6 Å². The molecule has 1 aromatic carbocycles. The number of hydrogen-bond donors (Lipinski definition) is 0. The molecule has 2 rings (SSSR count). The summed E-state index contributed by atoms with van der Waals surface area (Å²) in [5, 5.41) is 4.45. The topological polar surface area (TPSA) is 55.2 Å². The first-order valence-corrected chi connectivity index (χ1v) is 9.07. The highest BCUT2D eigenvalue weighted by Crippen LogP contribution is 2.30. The fraction of sp³-hybridized carbons (Fsp3) is 0.400. The molecule has 0 N–H and O–H groups in total. The van der Waals surface area contributed by atoms with E-state index in [9.17, 15) is 12.8 Å². The minimum absolute atomic E-state index is 0.0278. The minimum atomic E-state index is -3.92. The SMILES string of the molecule is CCN(c1ccc(Cl)cc1F)S(=O)(=O)c1c(C)nn(CC)c1C. The maximum absolute atomic E-state index is 14.2. The average molecular weight is 360 g/mol. The standard InChI is InChI=1S/C15H19ClFN3O2S/c1-5-19-11(4)15(10(3)18-19)23(21,22)20(6-2)14-8-7-12(16)9-13(14)17/h7-9H,5-6H2,1-4H3. The Balaban J connectivity index is 2.63. The molecule has 8 heteroatoms. The van der Waals surface area contributed by atoms with Crippen molar-refractivity contribution in [2.75, 3.05) is 10.8 Å². The van der Waals surface area contributed by atoms with Gasteiger partial charge in [-0.25, -0.2) is 12.8 Å². The lowest BCUT2D eigenvalue weighted by atomic mass is 10.3. The fourth-order valence-corrected chi connectivity index (χ4v) is 4.64. The highest BCUT2D eigenvalue weighted by molar-refractivity contribution is 7.93. The molecule has 2 aromatic rings. The fourth-order valence-electron chi connectivity index (χ4n) is 2.63. The first-order valence-electron chi connectivity index (χ1n) is 7.25. The Morgan fingerprint density at radius 2 is 1.96 bits per heavy atom. The summed E-state index contributed by atoms with van der Waals surface area (Å²) in [6, 6.07) is 3.94. The van der Waals surface area contributed by atoms with E-state index in [2.05, 4.69) is 5.10 Å². The Kier molecular flexibility index (Phi) is 5.01. The van der Waals surface area contributed by atoms with Crippen molar-refractivity contribution in [2.24, 2.45) is 0 Å². The average Bonchev–Trinajstić information content (AvgIpc) is 2.76. The van der Waals surface area contributed by atoms with E-state index < -0.39 is 15.8 Å². The molecular formula is C15H19ClFN3O2S. The van der Waals surface area contributed by atoms with Crippen molar-refractivity contribution < 1.29 is 12.8 Å². The van der Waals surface area contributed by atoms with Crippen LogP contribution in [-0.2, 0) is 16.6 Å². The molecule has 0 aliphatic heterocycles. The zero-order valence-corrected chi connectivity index (χ0v) is 15.0. The van der Waals surface area contributed by atoms with Gasteiger partial charge in [0.1, 0.15) is 10.7 Å². The summed E-state index contributed by atoms with van der Waals surface area (Å²) in [5.41, 5.74) is 0.912. The van der Waals surface area contributed by atoms with Crippen LogP contribution in [0.3, 0.4) is 0 Å². The number of sulfonamides is 1. The minimum Gasteiger partial charge on any atom is -0.268 e. The molecule has 0 saturated heterocycles. The summed E-state index contributed by atoms with van der Waals surface area (Å²) in [6.45, 7) is 7.52. The molecule has 0 aliphatic rings. The number of aromatic nitrogens is 2. The summed E-state index contributed by atoms with van der Waals surface area (Å²) < 4.78 is 42.9. The van der Waals surface area contributed by atoms with Gasteiger partial charge in [0.25, 0.3) is 10.0 Å². The second kappa shape index (κ2) is 6.49. The van der Waals surface area contributed by atoms with Gasteiger partial charge >= 0.3 is 0 Å². The van der Waals surface area contributed by atoms with Crippen LogP contribution in [0.5, 0.6) is 0 Å². The molecule has 0 fully saturated rings. The van der Waals surface area contributed by atoms with Gasteiger partial charge in [0.15, 0.2) is 0 Å². The van der Waals surface area contributed by atoms with Crippen LogP contribution in [0.15, 0.2) is 23.1 Å². The monoisotopic (exact) mass is 359 g/mol. The number of aryl methyl sites for hydroxylation is 2. The second-order valence-corrected chi connectivity index (χ2v) is 7.32. The Morgan fingerprint density at radius 1 is 1.30 bits per heavy atom. The molecule has 0 spiro atoms. The second-order valence-electron chi connectivity index (χ2n) is 5.08. The van der Waals surface area contributed by atoms with Crippen molar-refractivity contribution in [1.29, 1.82) is 0 Å². The zero-order chi connectivity index (χ0) is 17.4. The molecule has 0 atom stereocenters. The van der Waals surface area contributed by atoms with E-state index in [0.717, 1.165) is 10.4 Å². The molecule has 0 amide bonds. The highest BCUT2D eigenvalue weighted by atomic mass is 35.5. The van der Waals surface area contributed by atoms with E-state index in [1.807, 2.05) is 6.92 Å². The summed E-state index contributed by atoms with van der Waals surface area (Å²) in [7, 11) is -3.92. The third kappa shape index (κ3) is 3.07. The lowest BCUT2D eigenvalue weighted by Gasteiger charge is -2.23. The van der Waals surface area contributed by atoms with Gasteiger partial charge in [-0.3, -0.25) is 8.99 Å². The van der Waals surface area contributed by atoms with E-state index >= 15 is 0 Å². The van der Waals surface area contributed by atoms with Crippen LogP contribution in [0.4, 0.5) is 10.1 Å². The van der Waals surface area contributed by atoms with E-state index in [1.165, 1.54) is 12.1 Å². The van der Waals surface area contributed by atoms with Crippen molar-refractivity contribution in [3.8, 4) is 0 Å². The van der Waals surface area contributed by atoms with Gasteiger partial charge in [-0.2, -0.15) is 5.10 Å². The van der Waals surface area contributed by atoms with E-state index in [0.29, 0.717) is 17.9 Å². The predicted octanol–water partition coefficient (Wildman–Crippen LogP) is 3.53. The molecule has 1 heterocycles.